The largest absolute Gasteiger partial charge is 0.419 e. The minimum atomic E-state index is -1.29. The Hall–Kier alpha value is -2.87. The summed E-state index contributed by atoms with van der Waals surface area (Å²) in [6.45, 7) is 3.75. The van der Waals surface area contributed by atoms with Gasteiger partial charge < -0.3 is 24.8 Å². The number of hydrogen-bond acceptors (Lipinski definition) is 7. The molecule has 0 spiro atoms. The van der Waals surface area contributed by atoms with Gasteiger partial charge in [-0.1, -0.05) is 6.07 Å². The number of benzene rings is 1. The van der Waals surface area contributed by atoms with Crippen molar-refractivity contribution < 1.29 is 28.6 Å². The molecule has 0 radical (unpaired) electrons. The molecule has 25 heavy (non-hydrogen) atoms. The van der Waals surface area contributed by atoms with Crippen LogP contribution in [0.5, 0.6) is 0 Å². The van der Waals surface area contributed by atoms with E-state index in [0.29, 0.717) is 24.4 Å². The number of rotatable bonds is 6. The molecule has 2 rings (SSSR count). The van der Waals surface area contributed by atoms with Crippen LogP contribution in [0.4, 0.5) is 5.69 Å². The Labute approximate surface area is 145 Å². The standard InChI is InChI=1S/C17H20N2O6/c1-17(2)24-15(21)13(16(22)25-17)10-19-12-6-4-5-11(9-12)14(20)18-7-8-23-3/h4-6,9-10,19H,7-8H2,1-3H3,(H,18,20). The average Bonchev–Trinajstić information content (AvgIpc) is 2.53. The molecular weight excluding hydrogens is 328 g/mol. The van der Waals surface area contributed by atoms with Crippen LogP contribution in [0, 0.1) is 0 Å². The quantitative estimate of drug-likeness (QED) is 0.344. The molecule has 1 heterocycles. The van der Waals surface area contributed by atoms with E-state index in [1.807, 2.05) is 0 Å². The molecule has 1 aliphatic heterocycles. The molecule has 0 unspecified atom stereocenters. The lowest BCUT2D eigenvalue weighted by Gasteiger charge is -2.29. The summed E-state index contributed by atoms with van der Waals surface area (Å²) in [6, 6.07) is 6.59. The van der Waals surface area contributed by atoms with E-state index < -0.39 is 17.7 Å². The Bertz CT molecular complexity index is 689. The van der Waals surface area contributed by atoms with Crippen LogP contribution in [0.25, 0.3) is 0 Å². The van der Waals surface area contributed by atoms with Crippen molar-refractivity contribution in [3.63, 3.8) is 0 Å². The fraction of sp³-hybridized carbons (Fsp3) is 0.353. The van der Waals surface area contributed by atoms with Gasteiger partial charge in [0.25, 0.3) is 11.7 Å². The minimum Gasteiger partial charge on any atom is -0.419 e. The third-order valence-electron chi connectivity index (χ3n) is 3.22. The summed E-state index contributed by atoms with van der Waals surface area (Å²) >= 11 is 0. The van der Waals surface area contributed by atoms with Crippen molar-refractivity contribution in [2.24, 2.45) is 0 Å². The minimum absolute atomic E-state index is 0.255. The zero-order valence-corrected chi connectivity index (χ0v) is 14.3. The van der Waals surface area contributed by atoms with Gasteiger partial charge in [-0.3, -0.25) is 4.79 Å². The van der Waals surface area contributed by atoms with Crippen molar-refractivity contribution in [3.05, 3.63) is 41.6 Å². The lowest BCUT2D eigenvalue weighted by molar-refractivity contribution is -0.222. The molecule has 1 saturated heterocycles. The number of anilines is 1. The van der Waals surface area contributed by atoms with E-state index in [9.17, 15) is 14.4 Å². The molecule has 0 bridgehead atoms. The second-order valence-corrected chi connectivity index (χ2v) is 5.71. The number of amides is 1. The molecule has 0 aliphatic carbocycles. The first kappa shape index (κ1) is 18.5. The summed E-state index contributed by atoms with van der Waals surface area (Å²) in [6.07, 6.45) is 1.20. The summed E-state index contributed by atoms with van der Waals surface area (Å²) in [4.78, 5) is 35.7. The van der Waals surface area contributed by atoms with Crippen LogP contribution in [-0.4, -0.2) is 43.9 Å². The van der Waals surface area contributed by atoms with Gasteiger partial charge >= 0.3 is 11.9 Å². The monoisotopic (exact) mass is 348 g/mol. The molecule has 1 aromatic rings. The highest BCUT2D eigenvalue weighted by Crippen LogP contribution is 2.22. The molecular formula is C17H20N2O6. The van der Waals surface area contributed by atoms with Gasteiger partial charge in [0.05, 0.1) is 6.61 Å². The predicted molar refractivity (Wildman–Crippen MR) is 88.6 cm³/mol. The lowest BCUT2D eigenvalue weighted by Crippen LogP contribution is -2.42. The number of nitrogens with one attached hydrogen (secondary N) is 2. The summed E-state index contributed by atoms with van der Waals surface area (Å²) in [5.74, 6) is -3.10. The van der Waals surface area contributed by atoms with Gasteiger partial charge in [-0.25, -0.2) is 9.59 Å². The topological polar surface area (TPSA) is 103 Å². The number of hydrogen-bond donors (Lipinski definition) is 2. The molecule has 0 saturated carbocycles. The molecule has 0 aromatic heterocycles. The number of carbonyl (C=O) groups is 3. The van der Waals surface area contributed by atoms with Crippen molar-refractivity contribution in [2.45, 2.75) is 19.6 Å². The Morgan fingerprint density at radius 2 is 1.92 bits per heavy atom. The predicted octanol–water partition coefficient (Wildman–Crippen LogP) is 1.19. The smallest absolute Gasteiger partial charge is 0.350 e. The first-order valence-corrected chi connectivity index (χ1v) is 7.63. The number of cyclic esters (lactones) is 2. The van der Waals surface area contributed by atoms with Crippen molar-refractivity contribution in [3.8, 4) is 0 Å². The maximum absolute atomic E-state index is 12.0. The summed E-state index contributed by atoms with van der Waals surface area (Å²) in [5, 5.41) is 5.50. The van der Waals surface area contributed by atoms with Crippen LogP contribution in [0.1, 0.15) is 24.2 Å². The summed E-state index contributed by atoms with van der Waals surface area (Å²) in [7, 11) is 1.55. The van der Waals surface area contributed by atoms with Crippen LogP contribution in [-0.2, 0) is 23.8 Å². The van der Waals surface area contributed by atoms with Crippen molar-refractivity contribution in [1.82, 2.24) is 5.32 Å². The Balaban J connectivity index is 2.06. The number of methoxy groups -OCH3 is 1. The Kier molecular flexibility index (Phi) is 5.76. The van der Waals surface area contributed by atoms with Gasteiger partial charge in [-0.2, -0.15) is 0 Å². The zero-order valence-electron chi connectivity index (χ0n) is 14.3. The summed E-state index contributed by atoms with van der Waals surface area (Å²) < 4.78 is 14.9. The molecule has 1 amide bonds. The van der Waals surface area contributed by atoms with Gasteiger partial charge in [0.2, 0.25) is 0 Å². The van der Waals surface area contributed by atoms with Crippen LogP contribution < -0.4 is 10.6 Å². The highest BCUT2D eigenvalue weighted by molar-refractivity contribution is 6.15. The molecule has 134 valence electrons. The molecule has 1 aromatic carbocycles. The summed E-state index contributed by atoms with van der Waals surface area (Å²) in [5.41, 5.74) is 0.695. The van der Waals surface area contributed by atoms with E-state index >= 15 is 0 Å². The Morgan fingerprint density at radius 1 is 1.24 bits per heavy atom. The molecule has 0 atom stereocenters. The van der Waals surface area contributed by atoms with Crippen LogP contribution in [0.15, 0.2) is 36.0 Å². The van der Waals surface area contributed by atoms with E-state index in [0.717, 1.165) is 0 Å². The van der Waals surface area contributed by atoms with E-state index in [1.165, 1.54) is 20.0 Å². The highest BCUT2D eigenvalue weighted by Gasteiger charge is 2.38. The van der Waals surface area contributed by atoms with Gasteiger partial charge in [0.15, 0.2) is 5.57 Å². The van der Waals surface area contributed by atoms with Crippen LogP contribution >= 0.6 is 0 Å². The molecule has 1 aliphatic rings. The first-order chi connectivity index (χ1) is 11.8. The van der Waals surface area contributed by atoms with E-state index in [1.54, 1.807) is 31.4 Å². The Morgan fingerprint density at radius 3 is 2.56 bits per heavy atom. The zero-order chi connectivity index (χ0) is 18.4. The van der Waals surface area contributed by atoms with Crippen LogP contribution in [0.3, 0.4) is 0 Å². The van der Waals surface area contributed by atoms with E-state index in [2.05, 4.69) is 10.6 Å². The van der Waals surface area contributed by atoms with Gasteiger partial charge in [0.1, 0.15) is 0 Å². The van der Waals surface area contributed by atoms with Gasteiger partial charge in [0, 0.05) is 45.0 Å². The van der Waals surface area contributed by atoms with E-state index in [4.69, 9.17) is 14.2 Å². The molecule has 8 nitrogen and oxygen atoms in total. The number of carbonyl (C=O) groups excluding carboxylic acids is 3. The van der Waals surface area contributed by atoms with Crippen molar-refractivity contribution >= 4 is 23.5 Å². The van der Waals surface area contributed by atoms with Crippen molar-refractivity contribution in [2.75, 3.05) is 25.6 Å². The second kappa shape index (κ2) is 7.80. The lowest BCUT2D eigenvalue weighted by atomic mass is 10.2. The molecule has 8 heteroatoms. The molecule has 1 fully saturated rings. The fourth-order valence-corrected chi connectivity index (χ4v) is 2.05. The third-order valence-corrected chi connectivity index (χ3v) is 3.22. The maximum Gasteiger partial charge on any atom is 0.350 e. The van der Waals surface area contributed by atoms with Gasteiger partial charge in [-0.05, 0) is 18.2 Å². The number of esters is 2. The maximum atomic E-state index is 12.0. The van der Waals surface area contributed by atoms with Gasteiger partial charge in [-0.15, -0.1) is 0 Å². The van der Waals surface area contributed by atoms with E-state index in [-0.39, 0.29) is 11.5 Å². The fourth-order valence-electron chi connectivity index (χ4n) is 2.05. The van der Waals surface area contributed by atoms with Crippen LogP contribution in [0.2, 0.25) is 0 Å². The molecule has 2 N–H and O–H groups in total. The number of ether oxygens (including phenoxy) is 3. The SMILES string of the molecule is COCCNC(=O)c1cccc(NC=C2C(=O)OC(C)(C)OC2=O)c1. The first-order valence-electron chi connectivity index (χ1n) is 7.63. The average molecular weight is 348 g/mol. The second-order valence-electron chi connectivity index (χ2n) is 5.71. The highest BCUT2D eigenvalue weighted by atomic mass is 16.7. The third kappa shape index (κ3) is 5.05. The van der Waals surface area contributed by atoms with Crippen molar-refractivity contribution in [1.29, 1.82) is 0 Å². The normalized spacial score (nSPS) is 15.9.